The summed E-state index contributed by atoms with van der Waals surface area (Å²) in [5.41, 5.74) is 0.671. The van der Waals surface area contributed by atoms with Crippen LogP contribution in [0.25, 0.3) is 0 Å². The molecule has 0 rings (SSSR count). The third-order valence-corrected chi connectivity index (χ3v) is 6.71. The Balaban J connectivity index is 4.09. The highest BCUT2D eigenvalue weighted by atomic mass is 28.3. The number of rotatable bonds is 6. The van der Waals surface area contributed by atoms with Gasteiger partial charge in [-0.1, -0.05) is 6.92 Å². The number of hydrogen-bond donors (Lipinski definition) is 0. The van der Waals surface area contributed by atoms with E-state index in [1.54, 1.807) is 0 Å². The van der Waals surface area contributed by atoms with Gasteiger partial charge in [0.1, 0.15) is 0 Å². The van der Waals surface area contributed by atoms with Crippen LogP contribution in [0.1, 0.15) is 34.6 Å². The molecule has 4 heteroatoms. The first-order valence-electron chi connectivity index (χ1n) is 5.75. The molecule has 0 aliphatic rings. The van der Waals surface area contributed by atoms with E-state index >= 15 is 0 Å². The Bertz CT molecular complexity index is 143. The Kier molecular flexibility index (Phi) is 6.94. The van der Waals surface area contributed by atoms with Gasteiger partial charge in [-0.3, -0.25) is 4.90 Å². The zero-order valence-electron chi connectivity index (χ0n) is 10.9. The molecule has 86 valence electrons. The molecule has 0 aliphatic heterocycles. The summed E-state index contributed by atoms with van der Waals surface area (Å²) in [6.45, 7) is 15.9. The Morgan fingerprint density at radius 1 is 1.00 bits per heavy atom. The van der Waals surface area contributed by atoms with E-state index in [2.05, 4.69) is 52.6 Å². The van der Waals surface area contributed by atoms with Crippen molar-refractivity contribution in [2.75, 3.05) is 0 Å². The summed E-state index contributed by atoms with van der Waals surface area (Å²) in [4.78, 5) is 2.57. The van der Waals surface area contributed by atoms with Gasteiger partial charge in [0.25, 0.3) is 0 Å². The van der Waals surface area contributed by atoms with Gasteiger partial charge in [0, 0.05) is 17.7 Å². The van der Waals surface area contributed by atoms with Crippen LogP contribution in [0, 0.1) is 0 Å². The molecular weight excluding hydrogens is 206 g/mol. The molecular formula is C10H27NOSi2. The zero-order valence-corrected chi connectivity index (χ0v) is 13.4. The van der Waals surface area contributed by atoms with Crippen molar-refractivity contribution in [1.29, 1.82) is 0 Å². The van der Waals surface area contributed by atoms with Gasteiger partial charge in [0.15, 0.2) is 18.8 Å². The van der Waals surface area contributed by atoms with Crippen molar-refractivity contribution in [1.82, 2.24) is 4.90 Å². The highest BCUT2D eigenvalue weighted by molar-refractivity contribution is 6.56. The fourth-order valence-electron chi connectivity index (χ4n) is 2.03. The van der Waals surface area contributed by atoms with Gasteiger partial charge >= 0.3 is 0 Å². The van der Waals surface area contributed by atoms with Crippen molar-refractivity contribution in [2.45, 2.75) is 65.5 Å². The van der Waals surface area contributed by atoms with Crippen molar-refractivity contribution >= 4 is 18.8 Å². The molecule has 0 aromatic rings. The SMILES string of the molecule is CC(C)N(C(C)C)C(C)[SiH2]O[SiH](C)C. The van der Waals surface area contributed by atoms with Crippen LogP contribution in [0.15, 0.2) is 0 Å². The molecule has 0 aromatic carbocycles. The molecule has 2 nitrogen and oxygen atoms in total. The molecule has 0 aromatic heterocycles. The van der Waals surface area contributed by atoms with Crippen LogP contribution in [0.4, 0.5) is 0 Å². The predicted octanol–water partition coefficient (Wildman–Crippen LogP) is 1.53. The summed E-state index contributed by atoms with van der Waals surface area (Å²) < 4.78 is 5.92. The third kappa shape index (κ3) is 5.29. The summed E-state index contributed by atoms with van der Waals surface area (Å²) in [5, 5.41) is 0. The number of nitrogens with zero attached hydrogens (tertiary/aromatic N) is 1. The van der Waals surface area contributed by atoms with Gasteiger partial charge < -0.3 is 4.12 Å². The quantitative estimate of drug-likeness (QED) is 0.645. The van der Waals surface area contributed by atoms with Crippen molar-refractivity contribution in [2.24, 2.45) is 0 Å². The maximum absolute atomic E-state index is 5.92. The topological polar surface area (TPSA) is 12.5 Å². The molecule has 0 aliphatic carbocycles. The molecule has 0 fully saturated rings. The van der Waals surface area contributed by atoms with E-state index in [-0.39, 0.29) is 9.76 Å². The van der Waals surface area contributed by atoms with Crippen LogP contribution in [0.3, 0.4) is 0 Å². The average Bonchev–Trinajstić information content (AvgIpc) is 1.99. The summed E-state index contributed by atoms with van der Waals surface area (Å²) in [5.74, 6) is 0. The first kappa shape index (κ1) is 14.4. The molecule has 0 saturated heterocycles. The molecule has 0 amide bonds. The Morgan fingerprint density at radius 3 is 1.71 bits per heavy atom. The third-order valence-electron chi connectivity index (χ3n) is 2.37. The molecule has 1 atom stereocenters. The minimum Gasteiger partial charge on any atom is -0.462 e. The molecule has 0 heterocycles. The first-order chi connectivity index (χ1) is 6.36. The Labute approximate surface area is 93.7 Å². The van der Waals surface area contributed by atoms with Gasteiger partial charge in [-0.2, -0.15) is 0 Å². The van der Waals surface area contributed by atoms with Crippen molar-refractivity contribution in [3.63, 3.8) is 0 Å². The normalized spacial score (nSPS) is 15.6. The van der Waals surface area contributed by atoms with E-state index in [1.807, 2.05) is 0 Å². The van der Waals surface area contributed by atoms with Crippen molar-refractivity contribution in [3.05, 3.63) is 0 Å². The van der Waals surface area contributed by atoms with Crippen LogP contribution in [-0.4, -0.2) is 41.5 Å². The lowest BCUT2D eigenvalue weighted by molar-refractivity contribution is 0.157. The van der Waals surface area contributed by atoms with Gasteiger partial charge in [-0.05, 0) is 40.8 Å². The largest absolute Gasteiger partial charge is 0.462 e. The maximum atomic E-state index is 5.92. The number of hydrogen-bond acceptors (Lipinski definition) is 2. The van der Waals surface area contributed by atoms with Gasteiger partial charge in [-0.15, -0.1) is 0 Å². The second kappa shape index (κ2) is 6.77. The second-order valence-electron chi connectivity index (χ2n) is 4.87. The molecule has 0 radical (unpaired) electrons. The summed E-state index contributed by atoms with van der Waals surface area (Å²) in [6.07, 6.45) is 0. The fraction of sp³-hybridized carbons (Fsp3) is 1.00. The van der Waals surface area contributed by atoms with Gasteiger partial charge in [-0.25, -0.2) is 0 Å². The monoisotopic (exact) mass is 233 g/mol. The lowest BCUT2D eigenvalue weighted by Gasteiger charge is -2.36. The summed E-state index contributed by atoms with van der Waals surface area (Å²) >= 11 is 0. The summed E-state index contributed by atoms with van der Waals surface area (Å²) in [6, 6.07) is 1.27. The van der Waals surface area contributed by atoms with E-state index in [0.717, 1.165) is 0 Å². The van der Waals surface area contributed by atoms with E-state index < -0.39 is 9.04 Å². The minimum absolute atomic E-state index is 0.357. The zero-order chi connectivity index (χ0) is 11.3. The fourth-order valence-corrected chi connectivity index (χ4v) is 5.70. The molecule has 1 unspecified atom stereocenters. The van der Waals surface area contributed by atoms with Crippen molar-refractivity contribution < 1.29 is 4.12 Å². The Morgan fingerprint density at radius 2 is 1.43 bits per heavy atom. The average molecular weight is 234 g/mol. The van der Waals surface area contributed by atoms with Crippen molar-refractivity contribution in [3.8, 4) is 0 Å². The highest BCUT2D eigenvalue weighted by Crippen LogP contribution is 2.10. The second-order valence-corrected chi connectivity index (χ2v) is 9.81. The maximum Gasteiger partial charge on any atom is 0.163 e. The highest BCUT2D eigenvalue weighted by Gasteiger charge is 2.20. The van der Waals surface area contributed by atoms with E-state index in [0.29, 0.717) is 17.7 Å². The molecule has 14 heavy (non-hydrogen) atoms. The molecule has 0 saturated carbocycles. The predicted molar refractivity (Wildman–Crippen MR) is 70.1 cm³/mol. The lowest BCUT2D eigenvalue weighted by atomic mass is 10.2. The molecule has 0 N–H and O–H groups in total. The first-order valence-corrected chi connectivity index (χ1v) is 9.92. The molecule has 0 bridgehead atoms. The smallest absolute Gasteiger partial charge is 0.163 e. The van der Waals surface area contributed by atoms with E-state index in [1.165, 1.54) is 0 Å². The minimum atomic E-state index is -0.796. The van der Waals surface area contributed by atoms with Crippen LogP contribution >= 0.6 is 0 Å². The Hall–Kier alpha value is 0.354. The van der Waals surface area contributed by atoms with Crippen LogP contribution in [-0.2, 0) is 4.12 Å². The van der Waals surface area contributed by atoms with Crippen LogP contribution in [0.2, 0.25) is 13.1 Å². The van der Waals surface area contributed by atoms with Gasteiger partial charge in [0.2, 0.25) is 0 Å². The molecule has 0 spiro atoms. The van der Waals surface area contributed by atoms with Crippen LogP contribution in [0.5, 0.6) is 0 Å². The van der Waals surface area contributed by atoms with Gasteiger partial charge in [0.05, 0.1) is 0 Å². The van der Waals surface area contributed by atoms with E-state index in [9.17, 15) is 0 Å². The van der Waals surface area contributed by atoms with Crippen LogP contribution < -0.4 is 0 Å². The summed E-state index contributed by atoms with van der Waals surface area (Å²) in [7, 11) is -1.15. The lowest BCUT2D eigenvalue weighted by Crippen LogP contribution is -2.47. The van der Waals surface area contributed by atoms with E-state index in [4.69, 9.17) is 4.12 Å². The standard InChI is InChI=1S/C10H27NOSi2/c1-8(2)11(9(3)4)10(5)13-12-14(6)7/h8-10,14H,13H2,1-7H3.